The normalized spacial score (nSPS) is 23.0. The maximum absolute atomic E-state index is 13.0. The predicted molar refractivity (Wildman–Crippen MR) is 89.6 cm³/mol. The minimum atomic E-state index is 0.0816. The SMILES string of the molecule is O=c1c(-c2cc3ccccc3o2)ccc2n1CC1CNCC2C1. The highest BCUT2D eigenvalue weighted by Gasteiger charge is 2.31. The van der Waals surface area contributed by atoms with Crippen molar-refractivity contribution in [2.45, 2.75) is 18.9 Å². The Morgan fingerprint density at radius 2 is 2.04 bits per heavy atom. The first-order chi connectivity index (χ1) is 11.3. The summed E-state index contributed by atoms with van der Waals surface area (Å²) >= 11 is 0. The molecule has 4 heterocycles. The first kappa shape index (κ1) is 13.1. The summed E-state index contributed by atoms with van der Waals surface area (Å²) < 4.78 is 7.87. The Bertz CT molecular complexity index is 920. The summed E-state index contributed by atoms with van der Waals surface area (Å²) in [5.74, 6) is 1.69. The molecule has 5 rings (SSSR count). The second-order valence-corrected chi connectivity index (χ2v) is 6.69. The molecule has 2 unspecified atom stereocenters. The van der Waals surface area contributed by atoms with Crippen LogP contribution in [0.15, 0.2) is 51.7 Å². The van der Waals surface area contributed by atoms with Crippen molar-refractivity contribution in [1.82, 2.24) is 9.88 Å². The van der Waals surface area contributed by atoms with Crippen LogP contribution < -0.4 is 10.9 Å². The molecule has 23 heavy (non-hydrogen) atoms. The monoisotopic (exact) mass is 306 g/mol. The average Bonchev–Trinajstić information content (AvgIpc) is 3.00. The predicted octanol–water partition coefficient (Wildman–Crippen LogP) is 2.97. The fraction of sp³-hybridized carbons (Fsp3) is 0.316. The van der Waals surface area contributed by atoms with Gasteiger partial charge in [-0.1, -0.05) is 18.2 Å². The topological polar surface area (TPSA) is 47.2 Å². The summed E-state index contributed by atoms with van der Waals surface area (Å²) in [6.07, 6.45) is 1.19. The molecule has 4 heteroatoms. The number of rotatable bonds is 1. The van der Waals surface area contributed by atoms with Gasteiger partial charge < -0.3 is 14.3 Å². The molecule has 2 atom stereocenters. The van der Waals surface area contributed by atoms with Gasteiger partial charge in [0.2, 0.25) is 0 Å². The van der Waals surface area contributed by atoms with Crippen LogP contribution >= 0.6 is 0 Å². The third-order valence-corrected chi connectivity index (χ3v) is 5.20. The van der Waals surface area contributed by atoms with Crippen molar-refractivity contribution in [3.63, 3.8) is 0 Å². The van der Waals surface area contributed by atoms with Crippen LogP contribution in [0.1, 0.15) is 18.0 Å². The minimum Gasteiger partial charge on any atom is -0.456 e. The van der Waals surface area contributed by atoms with Crippen molar-refractivity contribution in [3.8, 4) is 11.3 Å². The first-order valence-electron chi connectivity index (χ1n) is 8.23. The minimum absolute atomic E-state index is 0.0816. The molecule has 2 aromatic heterocycles. The number of aromatic nitrogens is 1. The summed E-state index contributed by atoms with van der Waals surface area (Å²) in [5, 5.41) is 4.51. The molecule has 1 N–H and O–H groups in total. The second-order valence-electron chi connectivity index (χ2n) is 6.69. The zero-order chi connectivity index (χ0) is 15.4. The van der Waals surface area contributed by atoms with Gasteiger partial charge >= 0.3 is 0 Å². The average molecular weight is 306 g/mol. The van der Waals surface area contributed by atoms with Crippen molar-refractivity contribution < 1.29 is 4.42 Å². The molecule has 3 aromatic rings. The lowest BCUT2D eigenvalue weighted by Crippen LogP contribution is -2.45. The molecule has 2 aliphatic heterocycles. The molecule has 1 fully saturated rings. The van der Waals surface area contributed by atoms with Crippen LogP contribution in [0, 0.1) is 5.92 Å². The summed E-state index contributed by atoms with van der Waals surface area (Å²) in [6.45, 7) is 2.79. The van der Waals surface area contributed by atoms with E-state index in [2.05, 4.69) is 11.4 Å². The maximum atomic E-state index is 13.0. The van der Waals surface area contributed by atoms with Gasteiger partial charge in [0.15, 0.2) is 0 Å². The van der Waals surface area contributed by atoms with Gasteiger partial charge in [0.1, 0.15) is 11.3 Å². The van der Waals surface area contributed by atoms with E-state index in [-0.39, 0.29) is 5.56 Å². The molecule has 4 nitrogen and oxygen atoms in total. The Labute approximate surface area is 133 Å². The number of fused-ring (bicyclic) bond motifs is 5. The number of hydrogen-bond donors (Lipinski definition) is 1. The highest BCUT2D eigenvalue weighted by molar-refractivity contribution is 5.82. The van der Waals surface area contributed by atoms with Crippen molar-refractivity contribution in [1.29, 1.82) is 0 Å². The van der Waals surface area contributed by atoms with Gasteiger partial charge in [-0.2, -0.15) is 0 Å². The number of hydrogen-bond acceptors (Lipinski definition) is 3. The van der Waals surface area contributed by atoms with E-state index in [1.807, 2.05) is 41.0 Å². The van der Waals surface area contributed by atoms with Gasteiger partial charge in [-0.15, -0.1) is 0 Å². The number of nitrogens with one attached hydrogen (secondary N) is 1. The highest BCUT2D eigenvalue weighted by Crippen LogP contribution is 2.33. The quantitative estimate of drug-likeness (QED) is 0.752. The summed E-state index contributed by atoms with van der Waals surface area (Å²) in [6, 6.07) is 13.9. The fourth-order valence-corrected chi connectivity index (χ4v) is 4.09. The molecule has 2 aliphatic rings. The van der Waals surface area contributed by atoms with Crippen LogP contribution in [0.5, 0.6) is 0 Å². The first-order valence-corrected chi connectivity index (χ1v) is 8.23. The van der Waals surface area contributed by atoms with E-state index in [1.54, 1.807) is 0 Å². The van der Waals surface area contributed by atoms with Crippen molar-refractivity contribution in [2.75, 3.05) is 13.1 Å². The molecule has 0 saturated carbocycles. The van der Waals surface area contributed by atoms with Crippen molar-refractivity contribution >= 4 is 11.0 Å². The zero-order valence-electron chi connectivity index (χ0n) is 12.8. The Morgan fingerprint density at radius 3 is 2.96 bits per heavy atom. The standard InChI is InChI=1S/C19H18N2O2/c22-19-15(18-8-13-3-1-2-4-17(13)23-18)5-6-16-14-7-12(9-20-10-14)11-21(16)19/h1-6,8,12,14,20H,7,9-11H2. The summed E-state index contributed by atoms with van der Waals surface area (Å²) in [5.41, 5.74) is 2.74. The lowest BCUT2D eigenvalue weighted by molar-refractivity contribution is 0.257. The van der Waals surface area contributed by atoms with Gasteiger partial charge in [0, 0.05) is 30.1 Å². The number of furan rings is 1. The second kappa shape index (κ2) is 4.83. The van der Waals surface area contributed by atoms with Gasteiger partial charge in [-0.25, -0.2) is 0 Å². The number of piperidine rings is 1. The Kier molecular flexibility index (Phi) is 2.76. The van der Waals surface area contributed by atoms with Crippen LogP contribution in [-0.2, 0) is 6.54 Å². The van der Waals surface area contributed by atoms with Crippen LogP contribution in [0.3, 0.4) is 0 Å². The Hall–Kier alpha value is -2.33. The summed E-state index contributed by atoms with van der Waals surface area (Å²) in [7, 11) is 0. The maximum Gasteiger partial charge on any atom is 0.261 e. The van der Waals surface area contributed by atoms with Crippen LogP contribution in [0.4, 0.5) is 0 Å². The molecule has 0 amide bonds. The fourth-order valence-electron chi connectivity index (χ4n) is 4.09. The third-order valence-electron chi connectivity index (χ3n) is 5.20. The van der Waals surface area contributed by atoms with Crippen LogP contribution in [0.2, 0.25) is 0 Å². The van der Waals surface area contributed by atoms with E-state index in [4.69, 9.17) is 4.42 Å². The lowest BCUT2D eigenvalue weighted by Gasteiger charge is -2.37. The number of nitrogens with zero attached hydrogens (tertiary/aromatic N) is 1. The highest BCUT2D eigenvalue weighted by atomic mass is 16.3. The molecule has 116 valence electrons. The van der Waals surface area contributed by atoms with E-state index in [0.29, 0.717) is 23.2 Å². The largest absolute Gasteiger partial charge is 0.456 e. The molecular weight excluding hydrogens is 288 g/mol. The van der Waals surface area contributed by atoms with Gasteiger partial charge in [0.25, 0.3) is 5.56 Å². The number of pyridine rings is 1. The van der Waals surface area contributed by atoms with Crippen LogP contribution in [-0.4, -0.2) is 17.7 Å². The Morgan fingerprint density at radius 1 is 1.13 bits per heavy atom. The van der Waals surface area contributed by atoms with Gasteiger partial charge in [-0.05, 0) is 43.1 Å². The van der Waals surface area contributed by atoms with Gasteiger partial charge in [0.05, 0.1) is 5.56 Å². The van der Waals surface area contributed by atoms with E-state index in [1.165, 1.54) is 12.1 Å². The molecule has 2 bridgehead atoms. The zero-order valence-corrected chi connectivity index (χ0v) is 12.8. The number of benzene rings is 1. The molecule has 0 aliphatic carbocycles. The molecule has 1 aromatic carbocycles. The van der Waals surface area contributed by atoms with E-state index in [0.717, 1.165) is 30.6 Å². The lowest BCUT2D eigenvalue weighted by atomic mass is 9.84. The molecule has 0 spiro atoms. The Balaban J connectivity index is 1.67. The van der Waals surface area contributed by atoms with Crippen LogP contribution in [0.25, 0.3) is 22.3 Å². The molecular formula is C19H18N2O2. The van der Waals surface area contributed by atoms with Gasteiger partial charge in [-0.3, -0.25) is 4.79 Å². The number of para-hydroxylation sites is 1. The van der Waals surface area contributed by atoms with E-state index >= 15 is 0 Å². The van der Waals surface area contributed by atoms with Crippen molar-refractivity contribution in [2.24, 2.45) is 5.92 Å². The summed E-state index contributed by atoms with van der Waals surface area (Å²) in [4.78, 5) is 13.0. The van der Waals surface area contributed by atoms with E-state index < -0.39 is 0 Å². The molecule has 1 saturated heterocycles. The molecule has 0 radical (unpaired) electrons. The van der Waals surface area contributed by atoms with E-state index in [9.17, 15) is 4.79 Å². The van der Waals surface area contributed by atoms with Crippen molar-refractivity contribution in [3.05, 3.63) is 58.5 Å². The smallest absolute Gasteiger partial charge is 0.261 e. The third kappa shape index (κ3) is 1.98.